The molecule has 0 aromatic rings. The quantitative estimate of drug-likeness (QED) is 0.581. The van der Waals surface area contributed by atoms with Crippen molar-refractivity contribution in [3.63, 3.8) is 0 Å². The van der Waals surface area contributed by atoms with Crippen LogP contribution >= 0.6 is 23.2 Å². The fourth-order valence-corrected chi connectivity index (χ4v) is 0.874. The number of rotatable bonds is 4. The smallest absolute Gasteiger partial charge is 0.302 e. The Hall–Kier alpha value is 0.01000. The van der Waals surface area contributed by atoms with E-state index in [-0.39, 0.29) is 11.3 Å². The Bertz CT molecular complexity index is 126. The Morgan fingerprint density at radius 2 is 1.38 bits per heavy atom. The summed E-state index contributed by atoms with van der Waals surface area (Å²) < 4.78 is 4.40. The van der Waals surface area contributed by atoms with Crippen molar-refractivity contribution in [3.05, 3.63) is 0 Å². The summed E-state index contributed by atoms with van der Waals surface area (Å²) >= 11 is 9.53. The Morgan fingerprint density at radius 1 is 1.06 bits per heavy atom. The summed E-state index contributed by atoms with van der Waals surface area (Å²) in [6.07, 6.45) is 0. The lowest BCUT2D eigenvalue weighted by atomic mass is 10.5. The van der Waals surface area contributed by atoms with Gasteiger partial charge in [-0.2, -0.15) is 0 Å². The van der Waals surface area contributed by atoms with E-state index in [0.29, 0.717) is 6.61 Å². The van der Waals surface area contributed by atoms with Gasteiger partial charge in [-0.1, -0.05) is 20.8 Å². The zero-order chi connectivity index (χ0) is 13.4. The lowest BCUT2D eigenvalue weighted by Crippen LogP contribution is -2.21. The zero-order valence-corrected chi connectivity index (χ0v) is 12.6. The maximum absolute atomic E-state index is 9.82. The third-order valence-electron chi connectivity index (χ3n) is 1.69. The van der Waals surface area contributed by atoms with Gasteiger partial charge in [0.15, 0.2) is 0 Å². The van der Waals surface area contributed by atoms with Crippen LogP contribution in [-0.4, -0.2) is 42.4 Å². The van der Waals surface area contributed by atoms with Gasteiger partial charge in [0.1, 0.15) is 0 Å². The molecule has 0 radical (unpaired) electrons. The fourth-order valence-electron chi connectivity index (χ4n) is 0.874. The molecular formula is C11H25Cl2NO2. The summed E-state index contributed by atoms with van der Waals surface area (Å²) in [7, 11) is 0. The number of carbonyl (C=O) groups excluding carboxylic acids is 1. The molecule has 0 bridgehead atoms. The molecule has 0 heterocycles. The van der Waals surface area contributed by atoms with Crippen molar-refractivity contribution in [2.24, 2.45) is 0 Å². The first-order valence-corrected chi connectivity index (χ1v) is 6.58. The van der Waals surface area contributed by atoms with Crippen LogP contribution in [0.1, 0.15) is 34.6 Å². The van der Waals surface area contributed by atoms with Gasteiger partial charge in [0.25, 0.3) is 0 Å². The summed E-state index contributed by atoms with van der Waals surface area (Å²) in [5.41, 5.74) is 0. The maximum atomic E-state index is 9.82. The van der Waals surface area contributed by atoms with Gasteiger partial charge < -0.3 is 9.64 Å². The van der Waals surface area contributed by atoms with E-state index in [4.69, 9.17) is 23.2 Å². The van der Waals surface area contributed by atoms with Crippen LogP contribution in [0.3, 0.4) is 0 Å². The number of alkyl halides is 2. The van der Waals surface area contributed by atoms with Crippen LogP contribution in [0.25, 0.3) is 0 Å². The van der Waals surface area contributed by atoms with E-state index in [0.717, 1.165) is 0 Å². The monoisotopic (exact) mass is 273 g/mol. The second kappa shape index (κ2) is 20.4. The van der Waals surface area contributed by atoms with Crippen molar-refractivity contribution >= 4 is 29.2 Å². The van der Waals surface area contributed by atoms with Crippen LogP contribution in [0.5, 0.6) is 0 Å². The van der Waals surface area contributed by atoms with Crippen molar-refractivity contribution in [1.82, 2.24) is 4.90 Å². The highest BCUT2D eigenvalue weighted by molar-refractivity contribution is 6.40. The highest BCUT2D eigenvalue weighted by atomic mass is 35.5. The first-order valence-electron chi connectivity index (χ1n) is 5.51. The van der Waals surface area contributed by atoms with Gasteiger partial charge in [-0.15, -0.1) is 23.2 Å². The number of hydrogen-bond donors (Lipinski definition) is 0. The summed E-state index contributed by atoms with van der Waals surface area (Å²) in [6.45, 7) is 13.8. The molecule has 100 valence electrons. The summed E-state index contributed by atoms with van der Waals surface area (Å²) in [5.74, 6) is -0.211. The summed E-state index contributed by atoms with van der Waals surface area (Å²) in [6, 6.07) is 0. The van der Waals surface area contributed by atoms with Crippen molar-refractivity contribution < 1.29 is 9.53 Å². The Labute approximate surface area is 110 Å². The minimum atomic E-state index is -0.211. The molecule has 0 N–H and O–H groups in total. The largest absolute Gasteiger partial charge is 0.466 e. The molecule has 0 fully saturated rings. The third kappa shape index (κ3) is 29.2. The number of halogens is 2. The molecule has 0 saturated heterocycles. The van der Waals surface area contributed by atoms with Crippen LogP contribution in [0, 0.1) is 0 Å². The lowest BCUT2D eigenvalue weighted by Gasteiger charge is -2.13. The van der Waals surface area contributed by atoms with E-state index in [2.05, 4.69) is 30.4 Å². The molecule has 0 atom stereocenters. The number of carbonyl (C=O) groups is 1. The number of nitrogens with zero attached hydrogens (tertiary/aromatic N) is 1. The third-order valence-corrected chi connectivity index (χ3v) is 1.69. The van der Waals surface area contributed by atoms with Crippen LogP contribution in [0.15, 0.2) is 0 Å². The van der Waals surface area contributed by atoms with Gasteiger partial charge in [0.05, 0.1) is 11.9 Å². The minimum absolute atomic E-state index is 0.194. The highest BCUT2D eigenvalue weighted by Gasteiger charge is 1.89. The molecule has 5 heteroatoms. The molecule has 0 saturated carbocycles. The SMILES string of the molecule is CCN(CC)CC.CCOC(C)=O.ClCCl. The Morgan fingerprint density at radius 3 is 1.38 bits per heavy atom. The molecule has 0 aliphatic heterocycles. The van der Waals surface area contributed by atoms with Crippen molar-refractivity contribution in [1.29, 1.82) is 0 Å². The van der Waals surface area contributed by atoms with Crippen molar-refractivity contribution in [3.8, 4) is 0 Å². The summed E-state index contributed by atoms with van der Waals surface area (Å²) in [5, 5.41) is 0.194. The zero-order valence-electron chi connectivity index (χ0n) is 11.1. The second-order valence-corrected chi connectivity index (χ2v) is 3.45. The lowest BCUT2D eigenvalue weighted by molar-refractivity contribution is -0.140. The molecule has 0 rings (SSSR count). The molecule has 0 unspecified atom stereocenters. The van der Waals surface area contributed by atoms with Crippen LogP contribution < -0.4 is 0 Å². The molecular weight excluding hydrogens is 249 g/mol. The standard InChI is InChI=1S/C6H15N.C4H8O2.CH2Cl2/c1-4-7(5-2)6-3;1-3-6-4(2)5;2-1-3/h4-6H2,1-3H3;3H2,1-2H3;1H2. The number of hydrogen-bond acceptors (Lipinski definition) is 3. The van der Waals surface area contributed by atoms with Gasteiger partial charge in [0.2, 0.25) is 0 Å². The maximum Gasteiger partial charge on any atom is 0.302 e. The van der Waals surface area contributed by atoms with Gasteiger partial charge in [-0.05, 0) is 26.6 Å². The van der Waals surface area contributed by atoms with Crippen molar-refractivity contribution in [2.75, 3.05) is 31.6 Å². The average molecular weight is 274 g/mol. The van der Waals surface area contributed by atoms with Crippen molar-refractivity contribution in [2.45, 2.75) is 34.6 Å². The van der Waals surface area contributed by atoms with Crippen LogP contribution in [0.4, 0.5) is 0 Å². The minimum Gasteiger partial charge on any atom is -0.466 e. The van der Waals surface area contributed by atoms with E-state index in [9.17, 15) is 4.79 Å². The van der Waals surface area contributed by atoms with E-state index in [1.807, 2.05) is 0 Å². The Kier molecular flexibility index (Phi) is 27.2. The molecule has 0 aromatic heterocycles. The second-order valence-electron chi connectivity index (χ2n) is 2.65. The van der Waals surface area contributed by atoms with Gasteiger partial charge >= 0.3 is 5.97 Å². The van der Waals surface area contributed by atoms with E-state index < -0.39 is 0 Å². The molecule has 0 aromatic carbocycles. The molecule has 0 amide bonds. The molecule has 3 nitrogen and oxygen atoms in total. The van der Waals surface area contributed by atoms with Crippen LogP contribution in [0.2, 0.25) is 0 Å². The molecule has 0 aliphatic rings. The first-order chi connectivity index (χ1) is 7.53. The van der Waals surface area contributed by atoms with E-state index >= 15 is 0 Å². The van der Waals surface area contributed by atoms with Gasteiger partial charge in [-0.25, -0.2) is 0 Å². The van der Waals surface area contributed by atoms with Crippen LogP contribution in [-0.2, 0) is 9.53 Å². The van der Waals surface area contributed by atoms with E-state index in [1.165, 1.54) is 26.6 Å². The average Bonchev–Trinajstić information content (AvgIpc) is 2.22. The molecule has 0 aliphatic carbocycles. The number of ether oxygens (including phenoxy) is 1. The van der Waals surface area contributed by atoms with Gasteiger partial charge in [0, 0.05) is 6.92 Å². The number of esters is 1. The normalized spacial score (nSPS) is 8.50. The topological polar surface area (TPSA) is 29.5 Å². The highest BCUT2D eigenvalue weighted by Crippen LogP contribution is 1.81. The Balaban J connectivity index is -0.000000172. The molecule has 16 heavy (non-hydrogen) atoms. The molecule has 0 spiro atoms. The predicted octanol–water partition coefficient (Wildman–Crippen LogP) is 3.34. The predicted molar refractivity (Wildman–Crippen MR) is 72.3 cm³/mol. The first kappa shape index (κ1) is 21.3. The fraction of sp³-hybridized carbons (Fsp3) is 0.909. The van der Waals surface area contributed by atoms with Gasteiger partial charge in [-0.3, -0.25) is 4.79 Å². The van der Waals surface area contributed by atoms with E-state index in [1.54, 1.807) is 6.92 Å². The summed E-state index contributed by atoms with van der Waals surface area (Å²) in [4.78, 5) is 12.2.